The number of rotatable bonds is 7. The Labute approximate surface area is 184 Å². The fourth-order valence-electron chi connectivity index (χ4n) is 2.61. The number of thiazole rings is 1. The average molecular weight is 468 g/mol. The molecule has 32 heavy (non-hydrogen) atoms. The second kappa shape index (κ2) is 9.77. The van der Waals surface area contributed by atoms with E-state index in [0.29, 0.717) is 5.69 Å². The van der Waals surface area contributed by atoms with Gasteiger partial charge in [0.05, 0.1) is 16.9 Å². The number of alkyl halides is 3. The zero-order valence-corrected chi connectivity index (χ0v) is 17.4. The van der Waals surface area contributed by atoms with Gasteiger partial charge in [0.25, 0.3) is 0 Å². The molecule has 0 atom stereocenters. The predicted molar refractivity (Wildman–Crippen MR) is 108 cm³/mol. The summed E-state index contributed by atoms with van der Waals surface area (Å²) in [5.74, 6) is -1.62. The highest BCUT2D eigenvalue weighted by molar-refractivity contribution is 7.14. The second-order valence-electron chi connectivity index (χ2n) is 6.43. The summed E-state index contributed by atoms with van der Waals surface area (Å²) >= 11 is 1.01. The molecule has 0 fully saturated rings. The molecule has 0 aliphatic carbocycles. The molecule has 2 aromatic carbocycles. The molecule has 0 radical (unpaired) electrons. The van der Waals surface area contributed by atoms with E-state index in [1.807, 2.05) is 0 Å². The van der Waals surface area contributed by atoms with Gasteiger partial charge in [-0.2, -0.15) is 13.2 Å². The molecule has 3 rings (SSSR count). The highest BCUT2D eigenvalue weighted by Gasteiger charge is 2.31. The van der Waals surface area contributed by atoms with Crippen molar-refractivity contribution < 1.29 is 36.6 Å². The van der Waals surface area contributed by atoms with Gasteiger partial charge in [0.15, 0.2) is 11.7 Å². The number of nitrogens with zero attached hydrogens (tertiary/aromatic N) is 2. The minimum Gasteiger partial charge on any atom is -0.482 e. The number of esters is 1. The lowest BCUT2D eigenvalue weighted by Gasteiger charge is -2.19. The standard InChI is InChI=1S/C21H16F4N2O4S/c1-13(28)27(17-6-2-4-14(8-17)21(23,24)25)20-26-16(12-32-20)10-31-19(29)11-30-18-7-3-5-15(22)9-18/h2-9,12H,10-11H2,1H3. The Kier molecular flexibility index (Phi) is 7.08. The maximum atomic E-state index is 13.1. The van der Waals surface area contributed by atoms with Gasteiger partial charge in [-0.25, -0.2) is 14.2 Å². The first-order valence-electron chi connectivity index (χ1n) is 9.10. The van der Waals surface area contributed by atoms with Crippen LogP contribution in [0, 0.1) is 5.82 Å². The first kappa shape index (κ1) is 23.2. The number of anilines is 2. The highest BCUT2D eigenvalue weighted by atomic mass is 32.1. The molecule has 0 bridgehead atoms. The van der Waals surface area contributed by atoms with Gasteiger partial charge < -0.3 is 9.47 Å². The van der Waals surface area contributed by atoms with E-state index in [2.05, 4.69) is 4.98 Å². The van der Waals surface area contributed by atoms with Crippen molar-refractivity contribution >= 4 is 34.0 Å². The van der Waals surface area contributed by atoms with E-state index in [1.54, 1.807) is 0 Å². The Morgan fingerprint density at radius 1 is 1.12 bits per heavy atom. The highest BCUT2D eigenvalue weighted by Crippen LogP contribution is 2.35. The Morgan fingerprint density at radius 2 is 1.88 bits per heavy atom. The molecule has 168 valence electrons. The van der Waals surface area contributed by atoms with Gasteiger partial charge in [-0.1, -0.05) is 12.1 Å². The van der Waals surface area contributed by atoms with Crippen LogP contribution in [0.15, 0.2) is 53.9 Å². The summed E-state index contributed by atoms with van der Waals surface area (Å²) in [6.07, 6.45) is -4.56. The second-order valence-corrected chi connectivity index (χ2v) is 7.27. The van der Waals surface area contributed by atoms with E-state index in [9.17, 15) is 27.2 Å². The molecule has 1 aromatic heterocycles. The molecule has 0 aliphatic rings. The third-order valence-electron chi connectivity index (χ3n) is 4.01. The number of amides is 1. The molecule has 0 unspecified atom stereocenters. The lowest BCUT2D eigenvalue weighted by molar-refractivity contribution is -0.147. The smallest absolute Gasteiger partial charge is 0.416 e. The van der Waals surface area contributed by atoms with Gasteiger partial charge in [-0.15, -0.1) is 11.3 Å². The lowest BCUT2D eigenvalue weighted by Crippen LogP contribution is -2.23. The number of aromatic nitrogens is 1. The number of hydrogen-bond donors (Lipinski definition) is 0. The lowest BCUT2D eigenvalue weighted by atomic mass is 10.2. The molecular weight excluding hydrogens is 452 g/mol. The summed E-state index contributed by atoms with van der Waals surface area (Å²) < 4.78 is 62.3. The molecule has 0 aliphatic heterocycles. The topological polar surface area (TPSA) is 68.7 Å². The van der Waals surface area contributed by atoms with Crippen LogP contribution in [0.5, 0.6) is 5.75 Å². The van der Waals surface area contributed by atoms with Crippen LogP contribution < -0.4 is 9.64 Å². The van der Waals surface area contributed by atoms with Crippen molar-refractivity contribution in [3.05, 3.63) is 71.0 Å². The monoisotopic (exact) mass is 468 g/mol. The van der Waals surface area contributed by atoms with E-state index >= 15 is 0 Å². The molecule has 0 N–H and O–H groups in total. The summed E-state index contributed by atoms with van der Waals surface area (Å²) in [7, 11) is 0. The molecule has 0 saturated heterocycles. The summed E-state index contributed by atoms with van der Waals surface area (Å²) in [5.41, 5.74) is -0.596. The average Bonchev–Trinajstić information content (AvgIpc) is 3.18. The van der Waals surface area contributed by atoms with Crippen molar-refractivity contribution in [2.75, 3.05) is 11.5 Å². The zero-order chi connectivity index (χ0) is 23.3. The number of carbonyl (C=O) groups is 2. The summed E-state index contributed by atoms with van der Waals surface area (Å²) in [6, 6.07) is 9.57. The van der Waals surface area contributed by atoms with Crippen molar-refractivity contribution in [1.82, 2.24) is 4.98 Å². The molecule has 11 heteroatoms. The van der Waals surface area contributed by atoms with Crippen LogP contribution >= 0.6 is 11.3 Å². The molecule has 3 aromatic rings. The first-order chi connectivity index (χ1) is 15.1. The van der Waals surface area contributed by atoms with Gasteiger partial charge >= 0.3 is 12.1 Å². The maximum absolute atomic E-state index is 13.1. The van der Waals surface area contributed by atoms with Gasteiger partial charge in [-0.3, -0.25) is 9.69 Å². The fourth-order valence-corrected chi connectivity index (χ4v) is 3.48. The van der Waals surface area contributed by atoms with Crippen LogP contribution in [0.3, 0.4) is 0 Å². The van der Waals surface area contributed by atoms with Crippen LogP contribution in [0.2, 0.25) is 0 Å². The Bertz CT molecular complexity index is 1120. The maximum Gasteiger partial charge on any atom is 0.416 e. The fraction of sp³-hybridized carbons (Fsp3) is 0.190. The SMILES string of the molecule is CC(=O)N(c1cccc(C(F)(F)F)c1)c1nc(COC(=O)COc2cccc(F)c2)cs1. The van der Waals surface area contributed by atoms with Gasteiger partial charge in [0.2, 0.25) is 5.91 Å². The van der Waals surface area contributed by atoms with Crippen LogP contribution in [0.1, 0.15) is 18.2 Å². The predicted octanol–water partition coefficient (Wildman–Crippen LogP) is 5.11. The van der Waals surface area contributed by atoms with Gasteiger partial charge in [0.1, 0.15) is 18.2 Å². The third-order valence-corrected chi connectivity index (χ3v) is 4.89. The first-order valence-corrected chi connectivity index (χ1v) is 9.98. The normalized spacial score (nSPS) is 11.2. The summed E-state index contributed by atoms with van der Waals surface area (Å²) in [6.45, 7) is 0.506. The van der Waals surface area contributed by atoms with E-state index < -0.39 is 36.0 Å². The zero-order valence-electron chi connectivity index (χ0n) is 16.6. The largest absolute Gasteiger partial charge is 0.482 e. The van der Waals surface area contributed by atoms with Crippen molar-refractivity contribution in [2.45, 2.75) is 19.7 Å². The van der Waals surface area contributed by atoms with E-state index in [-0.39, 0.29) is 23.2 Å². The van der Waals surface area contributed by atoms with E-state index in [4.69, 9.17) is 9.47 Å². The molecule has 1 heterocycles. The molecule has 6 nitrogen and oxygen atoms in total. The molecular formula is C21H16F4N2O4S. The van der Waals surface area contributed by atoms with E-state index in [0.717, 1.165) is 34.4 Å². The molecule has 0 spiro atoms. The number of ether oxygens (including phenoxy) is 2. The summed E-state index contributed by atoms with van der Waals surface area (Å²) in [5, 5.41) is 1.64. The number of hydrogen-bond acceptors (Lipinski definition) is 6. The van der Waals surface area contributed by atoms with Crippen molar-refractivity contribution in [3.63, 3.8) is 0 Å². The summed E-state index contributed by atoms with van der Waals surface area (Å²) in [4.78, 5) is 29.2. The molecule has 1 amide bonds. The number of benzene rings is 2. The molecule has 0 saturated carbocycles. The Morgan fingerprint density at radius 3 is 2.56 bits per heavy atom. The van der Waals surface area contributed by atoms with Gasteiger partial charge in [0, 0.05) is 18.4 Å². The van der Waals surface area contributed by atoms with E-state index in [1.165, 1.54) is 42.6 Å². The van der Waals surface area contributed by atoms with Crippen LogP contribution in [0.4, 0.5) is 28.4 Å². The minimum atomic E-state index is -4.56. The van der Waals surface area contributed by atoms with Crippen LogP contribution in [-0.4, -0.2) is 23.5 Å². The van der Waals surface area contributed by atoms with Crippen molar-refractivity contribution in [2.24, 2.45) is 0 Å². The van der Waals surface area contributed by atoms with Crippen LogP contribution in [-0.2, 0) is 27.1 Å². The van der Waals surface area contributed by atoms with Crippen molar-refractivity contribution in [3.8, 4) is 5.75 Å². The quantitative estimate of drug-likeness (QED) is 0.356. The Hall–Kier alpha value is -3.47. The number of carbonyl (C=O) groups excluding carboxylic acids is 2. The third kappa shape index (κ3) is 6.03. The Balaban J connectivity index is 1.64. The van der Waals surface area contributed by atoms with Gasteiger partial charge in [-0.05, 0) is 30.3 Å². The van der Waals surface area contributed by atoms with Crippen molar-refractivity contribution in [1.29, 1.82) is 0 Å². The van der Waals surface area contributed by atoms with Crippen LogP contribution in [0.25, 0.3) is 0 Å². The number of halogens is 4. The minimum absolute atomic E-state index is 0.00807.